The lowest BCUT2D eigenvalue weighted by Gasteiger charge is -1.82. The fraction of sp³-hybridized carbons (Fsp3) is 0.500. The van der Waals surface area contributed by atoms with Crippen molar-refractivity contribution in [2.24, 2.45) is 0 Å². The highest BCUT2D eigenvalue weighted by molar-refractivity contribution is 5.51. The molecule has 0 radical (unpaired) electrons. The van der Waals surface area contributed by atoms with Crippen LogP contribution >= 0.6 is 0 Å². The molecule has 0 aliphatic heterocycles. The van der Waals surface area contributed by atoms with E-state index >= 15 is 0 Å². The first-order chi connectivity index (χ1) is 5.41. The minimum atomic E-state index is 0.543. The van der Waals surface area contributed by atoms with E-state index in [-0.39, 0.29) is 0 Å². The van der Waals surface area contributed by atoms with E-state index in [0.717, 1.165) is 19.1 Å². The molecule has 0 aromatic heterocycles. The van der Waals surface area contributed by atoms with Crippen LogP contribution in [0.5, 0.6) is 0 Å². The lowest BCUT2D eigenvalue weighted by atomic mass is 10.2. The molecule has 0 aromatic rings. The van der Waals surface area contributed by atoms with Crippen LogP contribution in [0.1, 0.15) is 32.6 Å². The van der Waals surface area contributed by atoms with E-state index in [1.807, 2.05) is 12.2 Å². The molecule has 0 fully saturated rings. The zero-order valence-electron chi connectivity index (χ0n) is 7.12. The molecule has 0 rings (SSSR count). The maximum atomic E-state index is 9.87. The highest BCUT2D eigenvalue weighted by atomic mass is 16.1. The van der Waals surface area contributed by atoms with Crippen LogP contribution < -0.4 is 0 Å². The molecule has 1 heteroatoms. The third-order valence-electron chi connectivity index (χ3n) is 1.29. The summed E-state index contributed by atoms with van der Waals surface area (Å²) >= 11 is 0. The lowest BCUT2D eigenvalue weighted by Crippen LogP contribution is -1.66. The quantitative estimate of drug-likeness (QED) is 0.422. The van der Waals surface area contributed by atoms with Gasteiger partial charge < -0.3 is 4.79 Å². The highest BCUT2D eigenvalue weighted by Crippen LogP contribution is 1.92. The van der Waals surface area contributed by atoms with Crippen molar-refractivity contribution in [3.8, 4) is 0 Å². The third-order valence-corrected chi connectivity index (χ3v) is 1.29. The second-order valence-corrected chi connectivity index (χ2v) is 2.37. The predicted octanol–water partition coefficient (Wildman–Crippen LogP) is 2.88. The predicted molar refractivity (Wildman–Crippen MR) is 48.5 cm³/mol. The van der Waals surface area contributed by atoms with E-state index in [2.05, 4.69) is 19.1 Å². The number of hydrogen-bond acceptors (Lipinski definition) is 1. The molecule has 0 aliphatic carbocycles. The first-order valence-corrected chi connectivity index (χ1v) is 4.15. The highest BCUT2D eigenvalue weighted by Gasteiger charge is 1.73. The van der Waals surface area contributed by atoms with Crippen molar-refractivity contribution in [1.82, 2.24) is 0 Å². The lowest BCUT2D eigenvalue weighted by molar-refractivity contribution is -0.107. The van der Waals surface area contributed by atoms with Crippen molar-refractivity contribution in [2.45, 2.75) is 32.6 Å². The van der Waals surface area contributed by atoms with Gasteiger partial charge in [-0.1, -0.05) is 37.6 Å². The average Bonchev–Trinajstić information content (AvgIpc) is 2.03. The monoisotopic (exact) mass is 152 g/mol. The van der Waals surface area contributed by atoms with Crippen LogP contribution in [-0.4, -0.2) is 6.29 Å². The Morgan fingerprint density at radius 3 is 2.27 bits per heavy atom. The molecular weight excluding hydrogens is 136 g/mol. The summed E-state index contributed by atoms with van der Waals surface area (Å²) in [6.45, 7) is 2.16. The number of hydrogen-bond donors (Lipinski definition) is 0. The van der Waals surface area contributed by atoms with Gasteiger partial charge in [0, 0.05) is 6.42 Å². The maximum absolute atomic E-state index is 9.87. The molecule has 62 valence electrons. The minimum absolute atomic E-state index is 0.543. The number of rotatable bonds is 6. The zero-order valence-corrected chi connectivity index (χ0v) is 7.12. The Kier molecular flexibility index (Phi) is 8.44. The molecule has 0 atom stereocenters. The fourth-order valence-electron chi connectivity index (χ4n) is 0.707. The Bertz CT molecular complexity index is 134. The van der Waals surface area contributed by atoms with Crippen LogP contribution in [0.2, 0.25) is 0 Å². The molecule has 0 aromatic carbocycles. The van der Waals surface area contributed by atoms with Crippen molar-refractivity contribution in [1.29, 1.82) is 0 Å². The van der Waals surface area contributed by atoms with Gasteiger partial charge in [0.2, 0.25) is 0 Å². The Morgan fingerprint density at radius 1 is 1.00 bits per heavy atom. The third kappa shape index (κ3) is 9.15. The Balaban J connectivity index is 3.17. The summed E-state index contributed by atoms with van der Waals surface area (Å²) in [6.07, 6.45) is 13.0. The van der Waals surface area contributed by atoms with Gasteiger partial charge in [-0.3, -0.25) is 0 Å². The van der Waals surface area contributed by atoms with Gasteiger partial charge in [-0.25, -0.2) is 0 Å². The minimum Gasteiger partial charge on any atom is -0.303 e. The molecule has 0 heterocycles. The van der Waals surface area contributed by atoms with Gasteiger partial charge in [0.1, 0.15) is 6.29 Å². The second-order valence-electron chi connectivity index (χ2n) is 2.37. The van der Waals surface area contributed by atoms with Crippen molar-refractivity contribution in [3.63, 3.8) is 0 Å². The molecule has 1 nitrogen and oxygen atoms in total. The number of carbonyl (C=O) groups is 1. The smallest absolute Gasteiger partial charge is 0.123 e. The molecule has 0 unspecified atom stereocenters. The van der Waals surface area contributed by atoms with Crippen molar-refractivity contribution in [2.75, 3.05) is 0 Å². The van der Waals surface area contributed by atoms with Gasteiger partial charge in [0.25, 0.3) is 0 Å². The van der Waals surface area contributed by atoms with Gasteiger partial charge in [-0.2, -0.15) is 0 Å². The molecule has 0 N–H and O–H groups in total. The number of allylic oxidation sites excluding steroid dienone is 4. The van der Waals surface area contributed by atoms with E-state index in [0.29, 0.717) is 6.42 Å². The van der Waals surface area contributed by atoms with Crippen LogP contribution in [-0.2, 0) is 4.79 Å². The van der Waals surface area contributed by atoms with Gasteiger partial charge >= 0.3 is 0 Å². The standard InChI is InChI=1S/C10H16O/c1-2-3-4-5-6-7-8-9-10-11/h4-5,7-8,10H,2-3,6,9H2,1H3. The fourth-order valence-corrected chi connectivity index (χ4v) is 0.707. The molecule has 0 bridgehead atoms. The first-order valence-electron chi connectivity index (χ1n) is 4.15. The molecule has 11 heavy (non-hydrogen) atoms. The van der Waals surface area contributed by atoms with Gasteiger partial charge in [-0.05, 0) is 12.8 Å². The molecule has 0 saturated heterocycles. The summed E-state index contributed by atoms with van der Waals surface area (Å²) in [6, 6.07) is 0. The summed E-state index contributed by atoms with van der Waals surface area (Å²) in [5.74, 6) is 0. The second kappa shape index (κ2) is 9.15. The Morgan fingerprint density at radius 2 is 1.64 bits per heavy atom. The van der Waals surface area contributed by atoms with Gasteiger partial charge in [0.15, 0.2) is 0 Å². The summed E-state index contributed by atoms with van der Waals surface area (Å²) in [5.41, 5.74) is 0. The largest absolute Gasteiger partial charge is 0.303 e. The van der Waals surface area contributed by atoms with Crippen LogP contribution in [0.4, 0.5) is 0 Å². The molecule has 0 spiro atoms. The zero-order chi connectivity index (χ0) is 8.36. The van der Waals surface area contributed by atoms with Gasteiger partial charge in [-0.15, -0.1) is 0 Å². The normalized spacial score (nSPS) is 11.4. The first kappa shape index (κ1) is 10.2. The van der Waals surface area contributed by atoms with Crippen molar-refractivity contribution >= 4 is 6.29 Å². The summed E-state index contributed by atoms with van der Waals surface area (Å²) < 4.78 is 0. The maximum Gasteiger partial charge on any atom is 0.123 e. The summed E-state index contributed by atoms with van der Waals surface area (Å²) in [7, 11) is 0. The van der Waals surface area contributed by atoms with Crippen molar-refractivity contribution in [3.05, 3.63) is 24.3 Å². The number of unbranched alkanes of at least 4 members (excludes halogenated alkanes) is 1. The van der Waals surface area contributed by atoms with E-state index in [9.17, 15) is 4.79 Å². The van der Waals surface area contributed by atoms with Gasteiger partial charge in [0.05, 0.1) is 0 Å². The molecule has 0 saturated carbocycles. The summed E-state index contributed by atoms with van der Waals surface area (Å²) in [5, 5.41) is 0. The van der Waals surface area contributed by atoms with Crippen LogP contribution in [0, 0.1) is 0 Å². The molecular formula is C10H16O. The Labute approximate surface area is 68.8 Å². The Hall–Kier alpha value is -0.850. The topological polar surface area (TPSA) is 17.1 Å². The van der Waals surface area contributed by atoms with E-state index < -0.39 is 0 Å². The number of carbonyl (C=O) groups excluding carboxylic acids is 1. The molecule has 0 aliphatic rings. The summed E-state index contributed by atoms with van der Waals surface area (Å²) in [4.78, 5) is 9.87. The van der Waals surface area contributed by atoms with Crippen LogP contribution in [0.15, 0.2) is 24.3 Å². The SMILES string of the molecule is CCCC=CCC=CCC=O. The average molecular weight is 152 g/mol. The van der Waals surface area contributed by atoms with E-state index in [1.54, 1.807) is 0 Å². The molecule has 0 amide bonds. The van der Waals surface area contributed by atoms with Crippen LogP contribution in [0.25, 0.3) is 0 Å². The van der Waals surface area contributed by atoms with Crippen molar-refractivity contribution < 1.29 is 4.79 Å². The number of aldehydes is 1. The van der Waals surface area contributed by atoms with E-state index in [4.69, 9.17) is 0 Å². The van der Waals surface area contributed by atoms with E-state index in [1.165, 1.54) is 6.42 Å². The van der Waals surface area contributed by atoms with Crippen LogP contribution in [0.3, 0.4) is 0 Å².